The van der Waals surface area contributed by atoms with E-state index in [1.165, 1.54) is 37.7 Å². The molecule has 0 radical (unpaired) electrons. The molecule has 1 fully saturated rings. The summed E-state index contributed by atoms with van der Waals surface area (Å²) in [5.41, 5.74) is 2.04. The van der Waals surface area contributed by atoms with E-state index in [0.29, 0.717) is 22.3 Å². The highest BCUT2D eigenvalue weighted by Crippen LogP contribution is 2.33. The van der Waals surface area contributed by atoms with E-state index in [2.05, 4.69) is 4.72 Å². The average molecular weight is 390 g/mol. The van der Waals surface area contributed by atoms with E-state index in [4.69, 9.17) is 9.47 Å². The Balaban J connectivity index is 1.67. The Morgan fingerprint density at radius 2 is 1.59 bits per heavy atom. The average Bonchev–Trinajstić information content (AvgIpc) is 2.73. The van der Waals surface area contributed by atoms with Crippen molar-refractivity contribution in [3.8, 4) is 11.5 Å². The molecule has 1 aliphatic rings. The molecule has 146 valence electrons. The maximum Gasteiger partial charge on any atom is 0.240 e. The topological polar surface area (TPSA) is 64.6 Å². The highest BCUT2D eigenvalue weighted by Gasteiger charge is 2.18. The number of methoxy groups -OCH3 is 2. The summed E-state index contributed by atoms with van der Waals surface area (Å²) in [6.07, 6.45) is 6.23. The molecule has 0 unspecified atom stereocenters. The van der Waals surface area contributed by atoms with E-state index in [9.17, 15) is 8.42 Å². The van der Waals surface area contributed by atoms with Gasteiger partial charge < -0.3 is 9.47 Å². The lowest BCUT2D eigenvalue weighted by molar-refractivity contribution is 0.354. The van der Waals surface area contributed by atoms with Crippen LogP contribution in [0.5, 0.6) is 11.5 Å². The van der Waals surface area contributed by atoms with Crippen LogP contribution in [0.2, 0.25) is 0 Å². The molecule has 2 aromatic carbocycles. The predicted molar refractivity (Wildman–Crippen MR) is 106 cm³/mol. The Hall–Kier alpha value is -2.05. The van der Waals surface area contributed by atoms with Crippen LogP contribution in [0.25, 0.3) is 0 Å². The minimum absolute atomic E-state index is 0.188. The number of benzene rings is 2. The van der Waals surface area contributed by atoms with Crippen LogP contribution in [0.1, 0.15) is 49.1 Å². The summed E-state index contributed by atoms with van der Waals surface area (Å²) in [5, 5.41) is 0. The molecule has 6 heteroatoms. The molecule has 0 aliphatic heterocycles. The van der Waals surface area contributed by atoms with Gasteiger partial charge in [-0.3, -0.25) is 0 Å². The zero-order chi connectivity index (χ0) is 19.3. The summed E-state index contributed by atoms with van der Waals surface area (Å²) < 4.78 is 38.3. The van der Waals surface area contributed by atoms with E-state index in [0.717, 1.165) is 5.56 Å². The minimum atomic E-state index is -3.56. The molecule has 0 atom stereocenters. The van der Waals surface area contributed by atoms with Crippen LogP contribution in [-0.4, -0.2) is 22.6 Å². The molecule has 27 heavy (non-hydrogen) atoms. The van der Waals surface area contributed by atoms with Gasteiger partial charge in [0.25, 0.3) is 0 Å². The number of nitrogens with one attached hydrogen (secondary N) is 1. The van der Waals surface area contributed by atoms with Crippen molar-refractivity contribution >= 4 is 10.0 Å². The van der Waals surface area contributed by atoms with Gasteiger partial charge in [-0.25, -0.2) is 13.1 Å². The Morgan fingerprint density at radius 1 is 0.926 bits per heavy atom. The predicted octanol–water partition coefficient (Wildman–Crippen LogP) is 4.23. The van der Waals surface area contributed by atoms with E-state index < -0.39 is 10.0 Å². The Bertz CT molecular complexity index is 856. The largest absolute Gasteiger partial charge is 0.493 e. The van der Waals surface area contributed by atoms with Gasteiger partial charge in [0.05, 0.1) is 19.1 Å². The molecule has 3 rings (SSSR count). The fourth-order valence-electron chi connectivity index (χ4n) is 3.61. The smallest absolute Gasteiger partial charge is 0.240 e. The first-order valence-electron chi connectivity index (χ1n) is 9.34. The first-order valence-corrected chi connectivity index (χ1v) is 10.8. The summed E-state index contributed by atoms with van der Waals surface area (Å²) >= 11 is 0. The van der Waals surface area contributed by atoms with Crippen LogP contribution in [0.15, 0.2) is 47.4 Å². The van der Waals surface area contributed by atoms with Gasteiger partial charge in [-0.15, -0.1) is 0 Å². The summed E-state index contributed by atoms with van der Waals surface area (Å²) in [4.78, 5) is 0.294. The molecular weight excluding hydrogens is 362 g/mol. The maximum atomic E-state index is 12.6. The quantitative estimate of drug-likeness (QED) is 0.770. The monoisotopic (exact) mass is 389 g/mol. The lowest BCUT2D eigenvalue weighted by Crippen LogP contribution is -2.23. The first-order chi connectivity index (χ1) is 13.0. The van der Waals surface area contributed by atoms with Crippen molar-refractivity contribution in [2.45, 2.75) is 49.5 Å². The van der Waals surface area contributed by atoms with Crippen molar-refractivity contribution in [1.82, 2.24) is 4.72 Å². The molecule has 1 saturated carbocycles. The Morgan fingerprint density at radius 3 is 2.22 bits per heavy atom. The Kier molecular flexibility index (Phi) is 6.39. The van der Waals surface area contributed by atoms with Crippen LogP contribution in [0, 0.1) is 0 Å². The van der Waals surface area contributed by atoms with Crippen molar-refractivity contribution < 1.29 is 17.9 Å². The van der Waals surface area contributed by atoms with Crippen LogP contribution in [0.3, 0.4) is 0 Å². The van der Waals surface area contributed by atoms with Gasteiger partial charge in [0.2, 0.25) is 10.0 Å². The van der Waals surface area contributed by atoms with Crippen LogP contribution in [-0.2, 0) is 16.6 Å². The summed E-state index contributed by atoms with van der Waals surface area (Å²) in [6.45, 7) is 0.188. The SMILES string of the molecule is COc1ccc(CNS(=O)(=O)c2ccc(C3CCCCC3)cc2)cc1OC. The molecule has 2 aromatic rings. The van der Waals surface area contributed by atoms with Gasteiger partial charge >= 0.3 is 0 Å². The van der Waals surface area contributed by atoms with E-state index in [-0.39, 0.29) is 6.54 Å². The van der Waals surface area contributed by atoms with Gasteiger partial charge in [0.1, 0.15) is 0 Å². The zero-order valence-electron chi connectivity index (χ0n) is 15.9. The molecule has 1 aliphatic carbocycles. The van der Waals surface area contributed by atoms with E-state index >= 15 is 0 Å². The number of hydrogen-bond acceptors (Lipinski definition) is 4. The van der Waals surface area contributed by atoms with Crippen molar-refractivity contribution in [2.75, 3.05) is 14.2 Å². The van der Waals surface area contributed by atoms with Crippen molar-refractivity contribution in [2.24, 2.45) is 0 Å². The van der Waals surface area contributed by atoms with Crippen molar-refractivity contribution in [1.29, 1.82) is 0 Å². The summed E-state index contributed by atoms with van der Waals surface area (Å²) in [6, 6.07) is 12.7. The minimum Gasteiger partial charge on any atom is -0.493 e. The normalized spacial score (nSPS) is 15.5. The highest BCUT2D eigenvalue weighted by molar-refractivity contribution is 7.89. The van der Waals surface area contributed by atoms with Gasteiger partial charge in [-0.1, -0.05) is 37.5 Å². The lowest BCUT2D eigenvalue weighted by Gasteiger charge is -2.22. The third-order valence-electron chi connectivity index (χ3n) is 5.18. The van der Waals surface area contributed by atoms with Crippen LogP contribution >= 0.6 is 0 Å². The molecule has 0 amide bonds. The molecule has 1 N–H and O–H groups in total. The fraction of sp³-hybridized carbons (Fsp3) is 0.429. The Labute approximate surface area is 161 Å². The molecule has 0 bridgehead atoms. The second kappa shape index (κ2) is 8.76. The lowest BCUT2D eigenvalue weighted by atomic mass is 9.84. The number of sulfonamides is 1. The van der Waals surface area contributed by atoms with Gasteiger partial charge in [-0.05, 0) is 54.2 Å². The summed E-state index contributed by atoms with van der Waals surface area (Å²) in [5.74, 6) is 1.75. The maximum absolute atomic E-state index is 12.6. The van der Waals surface area contributed by atoms with Gasteiger partial charge in [-0.2, -0.15) is 0 Å². The number of ether oxygens (including phenoxy) is 2. The molecule has 0 spiro atoms. The fourth-order valence-corrected chi connectivity index (χ4v) is 4.63. The molecule has 0 heterocycles. The molecule has 5 nitrogen and oxygen atoms in total. The molecular formula is C21H27NO4S. The van der Waals surface area contributed by atoms with Crippen molar-refractivity contribution in [3.63, 3.8) is 0 Å². The number of rotatable bonds is 7. The van der Waals surface area contributed by atoms with Crippen LogP contribution < -0.4 is 14.2 Å². The third kappa shape index (κ3) is 4.82. The molecule has 0 saturated heterocycles. The first kappa shape index (κ1) is 19.7. The van der Waals surface area contributed by atoms with E-state index in [1.54, 1.807) is 38.5 Å². The number of hydrogen-bond donors (Lipinski definition) is 1. The third-order valence-corrected chi connectivity index (χ3v) is 6.60. The standard InChI is InChI=1S/C21H27NO4S/c1-25-20-13-8-16(14-21(20)26-2)15-22-27(23,24)19-11-9-18(10-12-19)17-6-4-3-5-7-17/h8-14,17,22H,3-7,15H2,1-2H3. The zero-order valence-corrected chi connectivity index (χ0v) is 16.7. The second-order valence-electron chi connectivity index (χ2n) is 6.92. The highest BCUT2D eigenvalue weighted by atomic mass is 32.2. The van der Waals surface area contributed by atoms with Crippen LogP contribution in [0.4, 0.5) is 0 Å². The molecule has 0 aromatic heterocycles. The van der Waals surface area contributed by atoms with Gasteiger partial charge in [0, 0.05) is 6.54 Å². The van der Waals surface area contributed by atoms with E-state index in [1.807, 2.05) is 18.2 Å². The summed E-state index contributed by atoms with van der Waals surface area (Å²) in [7, 11) is -0.441. The van der Waals surface area contributed by atoms with Crippen molar-refractivity contribution in [3.05, 3.63) is 53.6 Å². The van der Waals surface area contributed by atoms with Gasteiger partial charge in [0.15, 0.2) is 11.5 Å². The second-order valence-corrected chi connectivity index (χ2v) is 8.68.